The van der Waals surface area contributed by atoms with Gasteiger partial charge in [0.1, 0.15) is 17.2 Å². The molecule has 17 heavy (non-hydrogen) atoms. The molecule has 0 amide bonds. The van der Waals surface area contributed by atoms with E-state index in [1.165, 1.54) is 12.5 Å². The van der Waals surface area contributed by atoms with Crippen molar-refractivity contribution < 1.29 is 4.79 Å². The fourth-order valence-electron chi connectivity index (χ4n) is 1.58. The molecule has 6 heteroatoms. The first kappa shape index (κ1) is 11.7. The van der Waals surface area contributed by atoms with Crippen LogP contribution in [0.25, 0.3) is 0 Å². The first-order chi connectivity index (χ1) is 8.09. The second-order valence-corrected chi connectivity index (χ2v) is 4.03. The van der Waals surface area contributed by atoms with Gasteiger partial charge in [0.15, 0.2) is 5.78 Å². The van der Waals surface area contributed by atoms with Crippen LogP contribution in [0.15, 0.2) is 18.6 Å². The second-order valence-electron chi connectivity index (χ2n) is 3.67. The normalized spacial score (nSPS) is 10.5. The number of carbonyl (C=O) groups is 1. The molecule has 2 aromatic heterocycles. The molecule has 5 nitrogen and oxygen atoms in total. The Kier molecular flexibility index (Phi) is 3.19. The minimum absolute atomic E-state index is 0.0922. The highest BCUT2D eigenvalue weighted by molar-refractivity contribution is 6.30. The lowest BCUT2D eigenvalue weighted by Crippen LogP contribution is -2.06. The van der Waals surface area contributed by atoms with E-state index in [-0.39, 0.29) is 12.2 Å². The molecule has 88 valence electrons. The smallest absolute Gasteiger partial charge is 0.185 e. The number of Topliss-reactive ketones (excluding diaryl/α,β-unsaturated/α-hetero) is 1. The Morgan fingerprint density at radius 3 is 2.82 bits per heavy atom. The summed E-state index contributed by atoms with van der Waals surface area (Å²) >= 11 is 6.06. The lowest BCUT2D eigenvalue weighted by molar-refractivity contribution is 0.0988. The highest BCUT2D eigenvalue weighted by Crippen LogP contribution is 2.20. The van der Waals surface area contributed by atoms with E-state index in [2.05, 4.69) is 15.1 Å². The summed E-state index contributed by atoms with van der Waals surface area (Å²) in [4.78, 5) is 19.6. The topological polar surface area (TPSA) is 60.7 Å². The van der Waals surface area contributed by atoms with Crippen LogP contribution in [0.1, 0.15) is 21.7 Å². The summed E-state index contributed by atoms with van der Waals surface area (Å²) in [6.07, 6.45) is 3.10. The van der Waals surface area contributed by atoms with E-state index in [0.29, 0.717) is 10.8 Å². The maximum atomic E-state index is 11.9. The molecule has 0 N–H and O–H groups in total. The highest BCUT2D eigenvalue weighted by Gasteiger charge is 2.16. The lowest BCUT2D eigenvalue weighted by atomic mass is 10.1. The summed E-state index contributed by atoms with van der Waals surface area (Å²) in [6, 6.07) is 1.59. The molecule has 0 saturated heterocycles. The molecule has 0 aromatic carbocycles. The Hall–Kier alpha value is -1.75. The Balaban J connectivity index is 2.25. The molecule has 0 aliphatic heterocycles. The number of hydrogen-bond acceptors (Lipinski definition) is 4. The predicted octanol–water partition coefficient (Wildman–Crippen LogP) is 1.60. The third-order valence-corrected chi connectivity index (χ3v) is 2.95. The van der Waals surface area contributed by atoms with Crippen LogP contribution >= 0.6 is 11.6 Å². The van der Waals surface area contributed by atoms with Crippen molar-refractivity contribution in [3.05, 3.63) is 40.7 Å². The highest BCUT2D eigenvalue weighted by atomic mass is 35.5. The van der Waals surface area contributed by atoms with E-state index in [9.17, 15) is 4.79 Å². The maximum Gasteiger partial charge on any atom is 0.185 e. The van der Waals surface area contributed by atoms with Gasteiger partial charge in [0.2, 0.25) is 0 Å². The van der Waals surface area contributed by atoms with Crippen LogP contribution in [0, 0.1) is 6.92 Å². The van der Waals surface area contributed by atoms with Crippen molar-refractivity contribution >= 4 is 17.4 Å². The van der Waals surface area contributed by atoms with Gasteiger partial charge < -0.3 is 0 Å². The van der Waals surface area contributed by atoms with E-state index in [1.54, 1.807) is 17.8 Å². The quantitative estimate of drug-likeness (QED) is 0.777. The number of carbonyl (C=O) groups excluding carboxylic acids is 1. The van der Waals surface area contributed by atoms with Crippen LogP contribution in [0.4, 0.5) is 0 Å². The third-order valence-electron chi connectivity index (χ3n) is 2.47. The number of aromatic nitrogens is 4. The first-order valence-corrected chi connectivity index (χ1v) is 5.44. The zero-order chi connectivity index (χ0) is 12.4. The lowest BCUT2D eigenvalue weighted by Gasteiger charge is -1.99. The Morgan fingerprint density at radius 1 is 1.53 bits per heavy atom. The van der Waals surface area contributed by atoms with E-state index in [4.69, 9.17) is 11.6 Å². The number of rotatable bonds is 3. The number of nitrogens with zero attached hydrogens (tertiary/aromatic N) is 4. The third kappa shape index (κ3) is 2.34. The molecule has 2 heterocycles. The van der Waals surface area contributed by atoms with Gasteiger partial charge in [-0.25, -0.2) is 9.97 Å². The summed E-state index contributed by atoms with van der Waals surface area (Å²) in [5.41, 5.74) is 1.90. The van der Waals surface area contributed by atoms with Crippen LogP contribution in [-0.2, 0) is 13.5 Å². The van der Waals surface area contributed by atoms with Gasteiger partial charge in [0, 0.05) is 25.2 Å². The van der Waals surface area contributed by atoms with E-state index >= 15 is 0 Å². The van der Waals surface area contributed by atoms with Gasteiger partial charge >= 0.3 is 0 Å². The SMILES string of the molecule is Cc1nn(C)c(Cl)c1CC(=O)c1ccncn1. The van der Waals surface area contributed by atoms with Crippen molar-refractivity contribution in [3.63, 3.8) is 0 Å². The maximum absolute atomic E-state index is 11.9. The minimum atomic E-state index is -0.0922. The fourth-order valence-corrected chi connectivity index (χ4v) is 1.82. The second kappa shape index (κ2) is 4.63. The van der Waals surface area contributed by atoms with Crippen LogP contribution in [-0.4, -0.2) is 25.5 Å². The molecule has 0 unspecified atom stereocenters. The first-order valence-electron chi connectivity index (χ1n) is 5.06. The van der Waals surface area contributed by atoms with Crippen LogP contribution in [0.5, 0.6) is 0 Å². The predicted molar refractivity (Wildman–Crippen MR) is 63.0 cm³/mol. The number of aryl methyl sites for hydroxylation is 2. The Bertz CT molecular complexity index is 550. The van der Waals surface area contributed by atoms with Gasteiger partial charge in [-0.3, -0.25) is 9.48 Å². The molecule has 2 aromatic rings. The van der Waals surface area contributed by atoms with Crippen molar-refractivity contribution in [1.29, 1.82) is 0 Å². The van der Waals surface area contributed by atoms with Gasteiger partial charge in [0.25, 0.3) is 0 Å². The van der Waals surface area contributed by atoms with Crippen LogP contribution < -0.4 is 0 Å². The molecule has 0 radical (unpaired) electrons. The molecular formula is C11H11ClN4O. The van der Waals surface area contributed by atoms with Crippen molar-refractivity contribution in [2.45, 2.75) is 13.3 Å². The van der Waals surface area contributed by atoms with Crippen LogP contribution in [0.2, 0.25) is 5.15 Å². The van der Waals surface area contributed by atoms with Crippen molar-refractivity contribution in [2.24, 2.45) is 7.05 Å². The largest absolute Gasteiger partial charge is 0.292 e. The van der Waals surface area contributed by atoms with Crippen molar-refractivity contribution in [3.8, 4) is 0 Å². The van der Waals surface area contributed by atoms with Crippen molar-refractivity contribution in [1.82, 2.24) is 19.7 Å². The van der Waals surface area contributed by atoms with Gasteiger partial charge in [-0.2, -0.15) is 5.10 Å². The summed E-state index contributed by atoms with van der Waals surface area (Å²) in [6.45, 7) is 1.83. The molecular weight excluding hydrogens is 240 g/mol. The minimum Gasteiger partial charge on any atom is -0.292 e. The monoisotopic (exact) mass is 250 g/mol. The standard InChI is InChI=1S/C11H11ClN4O/c1-7-8(11(12)16(2)15-7)5-10(17)9-3-4-13-6-14-9/h3-4,6H,5H2,1-2H3. The summed E-state index contributed by atoms with van der Waals surface area (Å²) in [5.74, 6) is -0.0922. The number of hydrogen-bond donors (Lipinski definition) is 0. The summed E-state index contributed by atoms with van der Waals surface area (Å²) < 4.78 is 1.56. The summed E-state index contributed by atoms with van der Waals surface area (Å²) in [7, 11) is 1.74. The van der Waals surface area contributed by atoms with Crippen molar-refractivity contribution in [2.75, 3.05) is 0 Å². The van der Waals surface area contributed by atoms with E-state index in [0.717, 1.165) is 11.3 Å². The van der Waals surface area contributed by atoms with Gasteiger partial charge in [-0.15, -0.1) is 0 Å². The van der Waals surface area contributed by atoms with Gasteiger partial charge in [0.05, 0.1) is 5.69 Å². The zero-order valence-corrected chi connectivity index (χ0v) is 10.3. The van der Waals surface area contributed by atoms with Gasteiger partial charge in [-0.1, -0.05) is 11.6 Å². The number of halogens is 1. The fraction of sp³-hybridized carbons (Fsp3) is 0.273. The van der Waals surface area contributed by atoms with E-state index in [1.807, 2.05) is 6.92 Å². The molecule has 0 aliphatic carbocycles. The molecule has 0 bridgehead atoms. The molecule has 2 rings (SSSR count). The van der Waals surface area contributed by atoms with Gasteiger partial charge in [-0.05, 0) is 13.0 Å². The zero-order valence-electron chi connectivity index (χ0n) is 9.51. The molecule has 0 aliphatic rings. The Labute approximate surface area is 103 Å². The molecule has 0 atom stereocenters. The average molecular weight is 251 g/mol. The average Bonchev–Trinajstić information content (AvgIpc) is 2.57. The molecule has 0 fully saturated rings. The molecule has 0 saturated carbocycles. The Morgan fingerprint density at radius 2 is 2.29 bits per heavy atom. The van der Waals surface area contributed by atoms with E-state index < -0.39 is 0 Å². The summed E-state index contributed by atoms with van der Waals surface area (Å²) in [5, 5.41) is 4.65. The number of ketones is 1. The van der Waals surface area contributed by atoms with Crippen LogP contribution in [0.3, 0.4) is 0 Å². The molecule has 0 spiro atoms.